The highest BCUT2D eigenvalue weighted by atomic mass is 14.5. The summed E-state index contributed by atoms with van der Waals surface area (Å²) in [5.74, 6) is 1.82. The maximum absolute atomic E-state index is 2.49. The summed E-state index contributed by atoms with van der Waals surface area (Å²) in [5.41, 5.74) is 4.14. The Hall–Kier alpha value is -0.780. The van der Waals surface area contributed by atoms with E-state index in [1.165, 1.54) is 57.8 Å². The molecule has 0 fully saturated rings. The molecule has 110 valence electrons. The third kappa shape index (κ3) is 2.32. The molecule has 0 aromatic rings. The van der Waals surface area contributed by atoms with E-state index in [1.54, 1.807) is 5.57 Å². The molecule has 0 saturated carbocycles. The molecular weight excluding hydrogens is 240 g/mol. The minimum atomic E-state index is 0.532. The van der Waals surface area contributed by atoms with Crippen molar-refractivity contribution < 1.29 is 0 Å². The second-order valence-corrected chi connectivity index (χ2v) is 7.14. The van der Waals surface area contributed by atoms with Crippen molar-refractivity contribution in [3.63, 3.8) is 0 Å². The average Bonchev–Trinajstić information content (AvgIpc) is 3.08. The smallest absolute Gasteiger partial charge is 0.00441 e. The molecule has 0 bridgehead atoms. The molecule has 3 atom stereocenters. The highest BCUT2D eigenvalue weighted by Crippen LogP contribution is 2.58. The van der Waals surface area contributed by atoms with Gasteiger partial charge in [-0.3, -0.25) is 0 Å². The van der Waals surface area contributed by atoms with Crippen LogP contribution in [0, 0.1) is 17.3 Å². The average molecular weight is 270 g/mol. The maximum atomic E-state index is 2.49. The second kappa shape index (κ2) is 5.92. The first-order valence-electron chi connectivity index (χ1n) is 8.86. The van der Waals surface area contributed by atoms with Gasteiger partial charge in [-0.25, -0.2) is 0 Å². The fraction of sp³-hybridized carbons (Fsp3) is 0.700. The maximum Gasteiger partial charge on any atom is -0.00441 e. The number of allylic oxidation sites excluding steroid dienone is 6. The van der Waals surface area contributed by atoms with Crippen LogP contribution in [0.25, 0.3) is 0 Å². The molecule has 0 nitrogen and oxygen atoms in total. The predicted octanol–water partition coefficient (Wildman–Crippen LogP) is 6.21. The van der Waals surface area contributed by atoms with Gasteiger partial charge in [0.1, 0.15) is 0 Å². The zero-order chi connectivity index (χ0) is 14.0. The van der Waals surface area contributed by atoms with Crippen LogP contribution in [0.2, 0.25) is 0 Å². The summed E-state index contributed by atoms with van der Waals surface area (Å²) in [6.45, 7) is 4.76. The molecule has 0 heteroatoms. The summed E-state index contributed by atoms with van der Waals surface area (Å²) in [7, 11) is 0. The first-order chi connectivity index (χ1) is 9.80. The molecule has 0 saturated heterocycles. The molecule has 0 heterocycles. The summed E-state index contributed by atoms with van der Waals surface area (Å²) in [5, 5.41) is 0. The fourth-order valence-corrected chi connectivity index (χ4v) is 4.94. The van der Waals surface area contributed by atoms with E-state index in [1.807, 2.05) is 5.57 Å². The number of unbranched alkanes of at least 4 members (excludes halogenated alkanes) is 1. The van der Waals surface area contributed by atoms with Crippen molar-refractivity contribution in [1.29, 1.82) is 0 Å². The van der Waals surface area contributed by atoms with Gasteiger partial charge < -0.3 is 0 Å². The van der Waals surface area contributed by atoms with Gasteiger partial charge in [-0.05, 0) is 67.8 Å². The van der Waals surface area contributed by atoms with Crippen LogP contribution in [-0.4, -0.2) is 0 Å². The molecule has 3 rings (SSSR count). The molecule has 0 radical (unpaired) electrons. The lowest BCUT2D eigenvalue weighted by Gasteiger charge is -2.33. The lowest BCUT2D eigenvalue weighted by Crippen LogP contribution is -2.23. The van der Waals surface area contributed by atoms with Gasteiger partial charge >= 0.3 is 0 Å². The van der Waals surface area contributed by atoms with E-state index < -0.39 is 0 Å². The third-order valence-electron chi connectivity index (χ3n) is 6.16. The summed E-state index contributed by atoms with van der Waals surface area (Å²) in [4.78, 5) is 0. The van der Waals surface area contributed by atoms with Crippen LogP contribution < -0.4 is 0 Å². The highest BCUT2D eigenvalue weighted by molar-refractivity contribution is 5.45. The van der Waals surface area contributed by atoms with Crippen LogP contribution in [0.15, 0.2) is 35.5 Å². The normalized spacial score (nSPS) is 35.9. The zero-order valence-electron chi connectivity index (χ0n) is 13.3. The Morgan fingerprint density at radius 2 is 2.10 bits per heavy atom. The van der Waals surface area contributed by atoms with Gasteiger partial charge in [-0.1, -0.05) is 56.6 Å². The van der Waals surface area contributed by atoms with Crippen molar-refractivity contribution in [3.8, 4) is 0 Å². The van der Waals surface area contributed by atoms with E-state index in [4.69, 9.17) is 0 Å². The number of hydrogen-bond donors (Lipinski definition) is 0. The quantitative estimate of drug-likeness (QED) is 0.521. The molecule has 0 aromatic heterocycles. The fourth-order valence-electron chi connectivity index (χ4n) is 4.94. The lowest BCUT2D eigenvalue weighted by atomic mass is 9.71. The van der Waals surface area contributed by atoms with Crippen LogP contribution in [0.5, 0.6) is 0 Å². The molecule has 0 aromatic carbocycles. The van der Waals surface area contributed by atoms with Crippen molar-refractivity contribution in [2.24, 2.45) is 17.3 Å². The summed E-state index contributed by atoms with van der Waals surface area (Å²) in [6, 6.07) is 0. The summed E-state index contributed by atoms with van der Waals surface area (Å²) in [6.07, 6.45) is 22.0. The van der Waals surface area contributed by atoms with Gasteiger partial charge in [0, 0.05) is 0 Å². The molecule has 0 N–H and O–H groups in total. The minimum absolute atomic E-state index is 0.532. The highest BCUT2D eigenvalue weighted by Gasteiger charge is 2.45. The molecule has 3 aliphatic carbocycles. The van der Waals surface area contributed by atoms with Crippen molar-refractivity contribution >= 4 is 0 Å². The monoisotopic (exact) mass is 270 g/mol. The third-order valence-corrected chi connectivity index (χ3v) is 6.16. The minimum Gasteiger partial charge on any atom is -0.0885 e. The molecule has 0 aliphatic heterocycles. The Morgan fingerprint density at radius 1 is 1.20 bits per heavy atom. The topological polar surface area (TPSA) is 0 Å². The predicted molar refractivity (Wildman–Crippen MR) is 87.6 cm³/mol. The molecule has 0 amide bonds. The number of rotatable bonds is 5. The van der Waals surface area contributed by atoms with Crippen molar-refractivity contribution in [2.75, 3.05) is 0 Å². The SMILES string of the molecule is CCCCC1(CC)CC(C2CC=CCC2)C2=C1C=CC2. The van der Waals surface area contributed by atoms with Crippen LogP contribution in [-0.2, 0) is 0 Å². The Bertz CT molecular complexity index is 437. The largest absolute Gasteiger partial charge is 0.0885 e. The standard InChI is InChI=1S/C20H30/c1-3-5-14-20(4-2)15-18(16-10-7-6-8-11-16)17-12-9-13-19(17)20/h6-7,9,13,16,18H,3-5,8,10-12,14-15H2,1-2H3. The van der Waals surface area contributed by atoms with E-state index in [-0.39, 0.29) is 0 Å². The van der Waals surface area contributed by atoms with Gasteiger partial charge in [-0.15, -0.1) is 0 Å². The van der Waals surface area contributed by atoms with Crippen molar-refractivity contribution in [3.05, 3.63) is 35.5 Å². The summed E-state index contributed by atoms with van der Waals surface area (Å²) < 4.78 is 0. The lowest BCUT2D eigenvalue weighted by molar-refractivity contribution is 0.233. The van der Waals surface area contributed by atoms with Crippen LogP contribution in [0.4, 0.5) is 0 Å². The Balaban J connectivity index is 1.84. The van der Waals surface area contributed by atoms with Gasteiger partial charge in [0.15, 0.2) is 0 Å². The summed E-state index contributed by atoms with van der Waals surface area (Å²) >= 11 is 0. The van der Waals surface area contributed by atoms with Crippen molar-refractivity contribution in [2.45, 2.75) is 71.6 Å². The van der Waals surface area contributed by atoms with Gasteiger partial charge in [-0.2, -0.15) is 0 Å². The number of hydrogen-bond acceptors (Lipinski definition) is 0. The zero-order valence-corrected chi connectivity index (χ0v) is 13.3. The first kappa shape index (κ1) is 14.2. The van der Waals surface area contributed by atoms with Crippen LogP contribution in [0.3, 0.4) is 0 Å². The van der Waals surface area contributed by atoms with E-state index >= 15 is 0 Å². The molecule has 20 heavy (non-hydrogen) atoms. The molecule has 3 unspecified atom stereocenters. The Kier molecular flexibility index (Phi) is 4.19. The van der Waals surface area contributed by atoms with E-state index in [9.17, 15) is 0 Å². The Labute approximate surface area is 125 Å². The molecule has 3 aliphatic rings. The van der Waals surface area contributed by atoms with E-state index in [2.05, 4.69) is 38.2 Å². The van der Waals surface area contributed by atoms with Gasteiger partial charge in [0.25, 0.3) is 0 Å². The molecular formula is C20H30. The van der Waals surface area contributed by atoms with Gasteiger partial charge in [0.05, 0.1) is 0 Å². The Morgan fingerprint density at radius 3 is 2.80 bits per heavy atom. The van der Waals surface area contributed by atoms with E-state index in [0.29, 0.717) is 5.41 Å². The van der Waals surface area contributed by atoms with Crippen LogP contribution >= 0.6 is 0 Å². The van der Waals surface area contributed by atoms with Crippen LogP contribution in [0.1, 0.15) is 71.6 Å². The van der Waals surface area contributed by atoms with Crippen molar-refractivity contribution in [1.82, 2.24) is 0 Å². The first-order valence-corrected chi connectivity index (χ1v) is 8.86. The van der Waals surface area contributed by atoms with E-state index in [0.717, 1.165) is 11.8 Å². The van der Waals surface area contributed by atoms with Gasteiger partial charge in [0.2, 0.25) is 0 Å². The second-order valence-electron chi connectivity index (χ2n) is 7.14. The molecule has 0 spiro atoms.